The quantitative estimate of drug-likeness (QED) is 0.549. The normalized spacial score (nSPS) is 15.5. The Bertz CT molecular complexity index is 1150. The number of aromatic nitrogens is 1. The first kappa shape index (κ1) is 24.5. The number of carbonyl (C=O) groups is 1. The summed E-state index contributed by atoms with van der Waals surface area (Å²) >= 11 is 11.9. The van der Waals surface area contributed by atoms with Gasteiger partial charge in [0.15, 0.2) is 9.84 Å². The van der Waals surface area contributed by atoms with Crippen LogP contribution in [0, 0.1) is 4.64 Å². The Hall–Kier alpha value is -2.10. The number of hydrogen-bond acceptors (Lipinski definition) is 6. The topological polar surface area (TPSA) is 77.8 Å². The van der Waals surface area contributed by atoms with Gasteiger partial charge in [-0.15, -0.1) is 0 Å². The van der Waals surface area contributed by atoms with Gasteiger partial charge >= 0.3 is 6.09 Å². The highest BCUT2D eigenvalue weighted by Crippen LogP contribution is 2.29. The van der Waals surface area contributed by atoms with E-state index < -0.39 is 15.4 Å². The summed E-state index contributed by atoms with van der Waals surface area (Å²) in [4.78, 5) is 14.1. The number of pyridine rings is 1. The summed E-state index contributed by atoms with van der Waals surface area (Å²) in [5, 5.41) is 0.389. The van der Waals surface area contributed by atoms with Crippen LogP contribution in [0.3, 0.4) is 0 Å². The van der Waals surface area contributed by atoms with Crippen LogP contribution < -0.4 is 4.74 Å². The Morgan fingerprint density at radius 1 is 1.16 bits per heavy atom. The van der Waals surface area contributed by atoms with Crippen LogP contribution in [0.4, 0.5) is 4.79 Å². The number of halogens is 1. The molecule has 10 heteroatoms. The minimum Gasteiger partial charge on any atom is -0.489 e. The van der Waals surface area contributed by atoms with Crippen molar-refractivity contribution in [1.82, 2.24) is 9.47 Å². The van der Waals surface area contributed by atoms with Crippen molar-refractivity contribution in [3.8, 4) is 11.4 Å². The molecule has 32 heavy (non-hydrogen) atoms. The molecular formula is C22H27ClN2O5S2. The molecule has 1 saturated heterocycles. The molecule has 1 amide bonds. The predicted octanol–water partition coefficient (Wildman–Crippen LogP) is 5.04. The van der Waals surface area contributed by atoms with Gasteiger partial charge in [-0.3, -0.25) is 0 Å². The van der Waals surface area contributed by atoms with E-state index in [2.05, 4.69) is 0 Å². The van der Waals surface area contributed by atoms with Gasteiger partial charge in [-0.2, -0.15) is 0 Å². The second-order valence-electron chi connectivity index (χ2n) is 8.74. The number of likely N-dealkylation sites (tertiary alicyclic amines) is 1. The molecule has 0 unspecified atom stereocenters. The number of rotatable bonds is 4. The number of piperidine rings is 1. The summed E-state index contributed by atoms with van der Waals surface area (Å²) in [7, 11) is -3.28. The third-order valence-corrected chi connectivity index (χ3v) is 6.63. The molecule has 1 fully saturated rings. The van der Waals surface area contributed by atoms with Crippen LogP contribution in [0.5, 0.6) is 5.75 Å². The van der Waals surface area contributed by atoms with Crippen molar-refractivity contribution in [2.45, 2.75) is 50.2 Å². The van der Waals surface area contributed by atoms with E-state index in [1.54, 1.807) is 33.9 Å². The van der Waals surface area contributed by atoms with E-state index in [1.165, 1.54) is 12.1 Å². The molecule has 0 aliphatic carbocycles. The fourth-order valence-electron chi connectivity index (χ4n) is 3.30. The smallest absolute Gasteiger partial charge is 0.410 e. The maximum absolute atomic E-state index is 12.2. The molecule has 1 aliphatic rings. The number of ether oxygens (including phenoxy) is 2. The fourth-order valence-corrected chi connectivity index (χ4v) is 4.39. The van der Waals surface area contributed by atoms with Gasteiger partial charge < -0.3 is 18.9 Å². The molecule has 0 saturated carbocycles. The maximum Gasteiger partial charge on any atom is 0.410 e. The molecule has 3 rings (SSSR count). The molecule has 0 atom stereocenters. The Labute approximate surface area is 198 Å². The summed E-state index contributed by atoms with van der Waals surface area (Å²) in [6.07, 6.45) is 3.73. The minimum absolute atomic E-state index is 0.0921. The van der Waals surface area contributed by atoms with Crippen molar-refractivity contribution in [2.75, 3.05) is 19.3 Å². The van der Waals surface area contributed by atoms with E-state index in [4.69, 9.17) is 33.3 Å². The van der Waals surface area contributed by atoms with Crippen LogP contribution in [0.2, 0.25) is 5.02 Å². The number of carbonyl (C=O) groups excluding carboxylic acids is 1. The first-order valence-corrected chi connectivity index (χ1v) is 12.9. The number of hydrogen-bond donors (Lipinski definition) is 0. The molecule has 2 heterocycles. The lowest BCUT2D eigenvalue weighted by Crippen LogP contribution is -2.44. The molecule has 1 aromatic heterocycles. The standard InChI is InChI=1S/C22H27ClN2O5S2/c1-22(2,3)30-21(26)24-11-9-16(10-12-24)29-19-13-20(31)25(14-18(19)23)15-5-7-17(8-6-15)32(4,27)28/h5-8,13-14,16H,9-12H2,1-4H3. The van der Waals surface area contributed by atoms with Crippen LogP contribution in [0.25, 0.3) is 5.69 Å². The van der Waals surface area contributed by atoms with E-state index in [1.807, 2.05) is 20.8 Å². The lowest BCUT2D eigenvalue weighted by Gasteiger charge is -2.33. The zero-order valence-electron chi connectivity index (χ0n) is 18.5. The first-order chi connectivity index (χ1) is 14.8. The van der Waals surface area contributed by atoms with E-state index in [9.17, 15) is 13.2 Å². The van der Waals surface area contributed by atoms with Crippen LogP contribution in [0.15, 0.2) is 41.4 Å². The van der Waals surface area contributed by atoms with E-state index in [-0.39, 0.29) is 17.1 Å². The molecule has 2 aromatic rings. The zero-order valence-corrected chi connectivity index (χ0v) is 20.9. The number of nitrogens with zero attached hydrogens (tertiary/aromatic N) is 2. The molecule has 0 bridgehead atoms. The van der Waals surface area contributed by atoms with Crippen molar-refractivity contribution < 1.29 is 22.7 Å². The molecule has 1 aliphatic heterocycles. The molecule has 0 N–H and O–H groups in total. The van der Waals surface area contributed by atoms with Crippen molar-refractivity contribution in [3.05, 3.63) is 46.2 Å². The molecule has 0 spiro atoms. The van der Waals surface area contributed by atoms with Gasteiger partial charge in [-0.1, -0.05) is 23.8 Å². The highest BCUT2D eigenvalue weighted by atomic mass is 35.5. The lowest BCUT2D eigenvalue weighted by atomic mass is 10.1. The lowest BCUT2D eigenvalue weighted by molar-refractivity contribution is 0.0126. The average molecular weight is 499 g/mol. The number of benzene rings is 1. The van der Waals surface area contributed by atoms with Gasteiger partial charge in [0.25, 0.3) is 0 Å². The molecule has 0 radical (unpaired) electrons. The number of sulfone groups is 1. The Kier molecular flexibility index (Phi) is 7.21. The summed E-state index contributed by atoms with van der Waals surface area (Å²) in [6.45, 7) is 6.61. The van der Waals surface area contributed by atoms with Crippen molar-refractivity contribution >= 4 is 39.7 Å². The Morgan fingerprint density at radius 3 is 2.28 bits per heavy atom. The van der Waals surface area contributed by atoms with Gasteiger partial charge in [-0.05, 0) is 45.0 Å². The highest BCUT2D eigenvalue weighted by molar-refractivity contribution is 7.90. The van der Waals surface area contributed by atoms with Gasteiger partial charge in [0.1, 0.15) is 22.1 Å². The molecular weight excluding hydrogens is 472 g/mol. The van der Waals surface area contributed by atoms with Crippen molar-refractivity contribution in [3.63, 3.8) is 0 Å². The third-order valence-electron chi connectivity index (χ3n) is 4.90. The third kappa shape index (κ3) is 6.24. The Morgan fingerprint density at radius 2 is 1.75 bits per heavy atom. The number of amides is 1. The molecule has 1 aromatic carbocycles. The highest BCUT2D eigenvalue weighted by Gasteiger charge is 2.28. The van der Waals surface area contributed by atoms with Crippen molar-refractivity contribution in [1.29, 1.82) is 0 Å². The van der Waals surface area contributed by atoms with E-state index >= 15 is 0 Å². The average Bonchev–Trinajstić information content (AvgIpc) is 2.69. The Balaban J connectivity index is 1.68. The van der Waals surface area contributed by atoms with Gasteiger partial charge in [0, 0.05) is 50.1 Å². The second-order valence-corrected chi connectivity index (χ2v) is 11.6. The van der Waals surface area contributed by atoms with Crippen LogP contribution in [0.1, 0.15) is 33.6 Å². The first-order valence-electron chi connectivity index (χ1n) is 10.2. The molecule has 174 valence electrons. The van der Waals surface area contributed by atoms with Gasteiger partial charge in [0.05, 0.1) is 9.92 Å². The zero-order chi connectivity index (χ0) is 23.7. The second kappa shape index (κ2) is 9.41. The fraction of sp³-hybridized carbons (Fsp3) is 0.455. The van der Waals surface area contributed by atoms with Crippen LogP contribution in [-0.4, -0.2) is 55.0 Å². The van der Waals surface area contributed by atoms with Gasteiger partial charge in [-0.25, -0.2) is 13.2 Å². The predicted molar refractivity (Wildman–Crippen MR) is 126 cm³/mol. The van der Waals surface area contributed by atoms with Crippen LogP contribution in [-0.2, 0) is 14.6 Å². The maximum atomic E-state index is 12.2. The summed E-state index contributed by atoms with van der Waals surface area (Å²) in [6, 6.07) is 8.10. The van der Waals surface area contributed by atoms with Gasteiger partial charge in [0.2, 0.25) is 0 Å². The monoisotopic (exact) mass is 498 g/mol. The van der Waals surface area contributed by atoms with E-state index in [0.717, 1.165) is 6.26 Å². The largest absolute Gasteiger partial charge is 0.489 e. The summed E-state index contributed by atoms with van der Waals surface area (Å²) < 4.78 is 37.0. The summed E-state index contributed by atoms with van der Waals surface area (Å²) in [5.74, 6) is 0.483. The molecule has 7 nitrogen and oxygen atoms in total. The van der Waals surface area contributed by atoms with E-state index in [0.29, 0.717) is 47.0 Å². The summed E-state index contributed by atoms with van der Waals surface area (Å²) in [5.41, 5.74) is 0.170. The minimum atomic E-state index is -3.28. The van der Waals surface area contributed by atoms with Crippen molar-refractivity contribution in [2.24, 2.45) is 0 Å². The SMILES string of the molecule is CC(C)(C)OC(=O)N1CCC(Oc2cc(=S)n(-c3ccc(S(C)(=O)=O)cc3)cc2Cl)CC1. The van der Waals surface area contributed by atoms with Crippen LogP contribution >= 0.6 is 23.8 Å².